The molecule has 3 aromatic rings. The van der Waals surface area contributed by atoms with Gasteiger partial charge >= 0.3 is 0 Å². The minimum atomic E-state index is -0.0974. The van der Waals surface area contributed by atoms with Crippen LogP contribution in [0.5, 0.6) is 11.5 Å². The molecule has 1 unspecified atom stereocenters. The Morgan fingerprint density at radius 1 is 0.838 bits per heavy atom. The number of halogens is 1. The summed E-state index contributed by atoms with van der Waals surface area (Å²) in [6.07, 6.45) is 11.8. The monoisotopic (exact) mass is 558 g/mol. The first-order valence-electron chi connectivity index (χ1n) is 12.7. The largest absolute Gasteiger partial charge is 0.492 e. The molecule has 3 rings (SSSR count). The summed E-state index contributed by atoms with van der Waals surface area (Å²) in [5.41, 5.74) is 0.944. The quantitative estimate of drug-likeness (QED) is 0.124. The lowest BCUT2D eigenvalue weighted by Crippen LogP contribution is -2.11. The molecule has 0 radical (unpaired) electrons. The van der Waals surface area contributed by atoms with Crippen molar-refractivity contribution in [2.24, 2.45) is 5.92 Å². The second kappa shape index (κ2) is 16.6. The molecule has 0 aliphatic rings. The van der Waals surface area contributed by atoms with Crippen molar-refractivity contribution in [1.29, 1.82) is 0 Å². The summed E-state index contributed by atoms with van der Waals surface area (Å²) >= 11 is 10.4. The van der Waals surface area contributed by atoms with Gasteiger partial charge < -0.3 is 9.47 Å². The van der Waals surface area contributed by atoms with E-state index in [1.807, 2.05) is 91.6 Å². The van der Waals surface area contributed by atoms with Crippen molar-refractivity contribution in [2.45, 2.75) is 55.7 Å². The Morgan fingerprint density at radius 2 is 1.38 bits per heavy atom. The zero-order valence-electron chi connectivity index (χ0n) is 21.5. The van der Waals surface area contributed by atoms with Crippen molar-refractivity contribution in [3.8, 4) is 11.5 Å². The lowest BCUT2D eigenvalue weighted by Gasteiger charge is -2.18. The predicted molar refractivity (Wildman–Crippen MR) is 154 cm³/mol. The fourth-order valence-corrected chi connectivity index (χ4v) is 5.58. The topological polar surface area (TPSA) is 61.3 Å². The van der Waals surface area contributed by atoms with Gasteiger partial charge in [0.2, 0.25) is 0 Å². The first kappa shape index (κ1) is 29.3. The molecule has 2 heterocycles. The van der Waals surface area contributed by atoms with Crippen LogP contribution in [-0.4, -0.2) is 40.5 Å². The summed E-state index contributed by atoms with van der Waals surface area (Å²) < 4.78 is 12.2. The molecule has 0 N–H and O–H groups in total. The van der Waals surface area contributed by atoms with Gasteiger partial charge in [0.25, 0.3) is 0 Å². The maximum atomic E-state index is 11.9. The summed E-state index contributed by atoms with van der Waals surface area (Å²) in [6, 6.07) is 12.0. The third-order valence-corrected chi connectivity index (χ3v) is 8.34. The van der Waals surface area contributed by atoms with E-state index in [1.165, 1.54) is 9.79 Å². The van der Waals surface area contributed by atoms with E-state index in [1.54, 1.807) is 6.92 Å². The number of aromatic nitrogens is 2. The van der Waals surface area contributed by atoms with Crippen LogP contribution in [0.25, 0.3) is 0 Å². The van der Waals surface area contributed by atoms with Crippen molar-refractivity contribution in [3.05, 3.63) is 71.8 Å². The van der Waals surface area contributed by atoms with Crippen LogP contribution in [-0.2, 0) is 11.2 Å². The van der Waals surface area contributed by atoms with E-state index in [4.69, 9.17) is 21.1 Å². The average molecular weight is 559 g/mol. The number of thioether (sulfide) groups is 2. The highest BCUT2D eigenvalue weighted by Crippen LogP contribution is 2.38. The Kier molecular flexibility index (Phi) is 13.2. The van der Waals surface area contributed by atoms with Crippen molar-refractivity contribution in [1.82, 2.24) is 9.97 Å². The highest BCUT2D eigenvalue weighted by Gasteiger charge is 2.18. The molecule has 37 heavy (non-hydrogen) atoms. The molecule has 0 amide bonds. The Labute approximate surface area is 234 Å². The van der Waals surface area contributed by atoms with Gasteiger partial charge in [-0.15, -0.1) is 23.5 Å². The number of rotatable bonds is 17. The van der Waals surface area contributed by atoms with Gasteiger partial charge in [-0.25, -0.2) is 0 Å². The predicted octanol–water partition coefficient (Wildman–Crippen LogP) is 7.80. The molecule has 0 aliphatic heterocycles. The van der Waals surface area contributed by atoms with Crippen LogP contribution in [0.2, 0.25) is 5.02 Å². The molecule has 5 nitrogen and oxygen atoms in total. The van der Waals surface area contributed by atoms with E-state index in [0.717, 1.165) is 42.8 Å². The molecule has 0 spiro atoms. The summed E-state index contributed by atoms with van der Waals surface area (Å²) in [4.78, 5) is 22.4. The normalized spacial score (nSPS) is 11.8. The fourth-order valence-electron chi connectivity index (χ4n) is 3.49. The van der Waals surface area contributed by atoms with Crippen LogP contribution >= 0.6 is 35.1 Å². The molecule has 1 aromatic carbocycles. The number of Topliss-reactive ketones (excluding diaryl/α,β-unsaturated/α-hetero) is 1. The maximum absolute atomic E-state index is 11.9. The Balaban J connectivity index is 1.49. The van der Waals surface area contributed by atoms with Crippen LogP contribution in [0.3, 0.4) is 0 Å². The van der Waals surface area contributed by atoms with Gasteiger partial charge in [0.05, 0.1) is 13.2 Å². The average Bonchev–Trinajstić information content (AvgIpc) is 2.91. The standard InChI is InChI=1S/C29H35ClN2O3S2/c1-22(23(2)33)21-24-7-8-27(34-17-3-5-19-36-25-9-13-31-14-10-25)28(30)29(24)35-18-4-6-20-37-26-11-15-32-16-12-26/h7-16,22H,3-6,17-21H2,1-2H3. The summed E-state index contributed by atoms with van der Waals surface area (Å²) in [5, 5.41) is 0.491. The van der Waals surface area contributed by atoms with Crippen molar-refractivity contribution < 1.29 is 14.3 Å². The van der Waals surface area contributed by atoms with Crippen LogP contribution in [0.15, 0.2) is 71.0 Å². The SMILES string of the molecule is CC(=O)C(C)Cc1ccc(OCCCCSc2ccncc2)c(Cl)c1OCCCCSc1ccncc1. The maximum Gasteiger partial charge on any atom is 0.144 e. The highest BCUT2D eigenvalue weighted by atomic mass is 35.5. The number of unbranched alkanes of at least 4 members (excludes halogenated alkanes) is 2. The molecule has 0 fully saturated rings. The lowest BCUT2D eigenvalue weighted by atomic mass is 9.97. The number of carbonyl (C=O) groups excluding carboxylic acids is 1. The number of hydrogen-bond donors (Lipinski definition) is 0. The molecule has 1 atom stereocenters. The molecule has 0 aliphatic carbocycles. The molecule has 8 heteroatoms. The molecule has 198 valence electrons. The van der Waals surface area contributed by atoms with E-state index >= 15 is 0 Å². The smallest absolute Gasteiger partial charge is 0.144 e. The molecular weight excluding hydrogens is 524 g/mol. The van der Waals surface area contributed by atoms with Crippen LogP contribution in [0, 0.1) is 5.92 Å². The van der Waals surface area contributed by atoms with Crippen LogP contribution < -0.4 is 9.47 Å². The number of benzene rings is 1. The number of ether oxygens (including phenoxy) is 2. The van der Waals surface area contributed by atoms with Gasteiger partial charge in [-0.1, -0.05) is 24.6 Å². The molecule has 0 bridgehead atoms. The van der Waals surface area contributed by atoms with E-state index in [-0.39, 0.29) is 11.7 Å². The highest BCUT2D eigenvalue weighted by molar-refractivity contribution is 7.99. The number of pyridine rings is 2. The zero-order valence-corrected chi connectivity index (χ0v) is 23.9. The number of carbonyl (C=O) groups is 1. The lowest BCUT2D eigenvalue weighted by molar-refractivity contribution is -0.120. The van der Waals surface area contributed by atoms with E-state index in [9.17, 15) is 4.79 Å². The molecule has 0 saturated carbocycles. The van der Waals surface area contributed by atoms with E-state index in [0.29, 0.717) is 36.2 Å². The zero-order chi connectivity index (χ0) is 26.3. The molecule has 2 aromatic heterocycles. The van der Waals surface area contributed by atoms with Crippen molar-refractivity contribution in [2.75, 3.05) is 24.7 Å². The summed E-state index contributed by atoms with van der Waals surface area (Å²) in [5.74, 6) is 3.36. The van der Waals surface area contributed by atoms with E-state index < -0.39 is 0 Å². The third-order valence-electron chi connectivity index (χ3n) is 5.78. The van der Waals surface area contributed by atoms with Crippen LogP contribution in [0.1, 0.15) is 45.1 Å². The molecule has 0 saturated heterocycles. The Bertz CT molecular complexity index is 1090. The summed E-state index contributed by atoms with van der Waals surface area (Å²) in [6.45, 7) is 4.71. The van der Waals surface area contributed by atoms with Crippen molar-refractivity contribution in [3.63, 3.8) is 0 Å². The second-order valence-electron chi connectivity index (χ2n) is 8.76. The van der Waals surface area contributed by atoms with E-state index in [2.05, 4.69) is 9.97 Å². The summed E-state index contributed by atoms with van der Waals surface area (Å²) in [7, 11) is 0. The first-order valence-corrected chi connectivity index (χ1v) is 15.0. The number of ketones is 1. The fraction of sp³-hybridized carbons (Fsp3) is 0.414. The van der Waals surface area contributed by atoms with Gasteiger partial charge in [-0.3, -0.25) is 14.8 Å². The van der Waals surface area contributed by atoms with Gasteiger partial charge in [0.1, 0.15) is 22.3 Å². The first-order chi connectivity index (χ1) is 18.0. The van der Waals surface area contributed by atoms with Gasteiger partial charge in [0.15, 0.2) is 0 Å². The Hall–Kier alpha value is -2.22. The minimum Gasteiger partial charge on any atom is -0.492 e. The van der Waals surface area contributed by atoms with Gasteiger partial charge in [-0.2, -0.15) is 0 Å². The Morgan fingerprint density at radius 3 is 1.92 bits per heavy atom. The number of hydrogen-bond acceptors (Lipinski definition) is 7. The van der Waals surface area contributed by atoms with Gasteiger partial charge in [-0.05, 0) is 86.4 Å². The second-order valence-corrected chi connectivity index (χ2v) is 11.5. The van der Waals surface area contributed by atoms with Crippen molar-refractivity contribution >= 4 is 40.9 Å². The van der Waals surface area contributed by atoms with Gasteiger partial charge in [0, 0.05) is 40.5 Å². The minimum absolute atomic E-state index is 0.0974. The molecular formula is C29H35ClN2O3S2. The van der Waals surface area contributed by atoms with Crippen LogP contribution in [0.4, 0.5) is 0 Å². The third kappa shape index (κ3) is 10.6. The number of nitrogens with zero attached hydrogens (tertiary/aromatic N) is 2.